The summed E-state index contributed by atoms with van der Waals surface area (Å²) in [5, 5.41) is 6.93. The molecule has 17 heavy (non-hydrogen) atoms. The highest BCUT2D eigenvalue weighted by molar-refractivity contribution is 5.92. The molecule has 0 spiro atoms. The largest absolute Gasteiger partial charge is 0.347 e. The summed E-state index contributed by atoms with van der Waals surface area (Å²) in [6.45, 7) is 2.39. The lowest BCUT2D eigenvalue weighted by molar-refractivity contribution is 0.0945. The van der Waals surface area contributed by atoms with Gasteiger partial charge >= 0.3 is 0 Å². The maximum absolute atomic E-state index is 11.8. The second-order valence-corrected chi connectivity index (χ2v) is 3.83. The Morgan fingerprint density at radius 1 is 1.41 bits per heavy atom. The van der Waals surface area contributed by atoms with Crippen LogP contribution in [0.3, 0.4) is 0 Å². The van der Waals surface area contributed by atoms with Gasteiger partial charge in [0, 0.05) is 31.7 Å². The molecule has 0 radical (unpaired) electrons. The van der Waals surface area contributed by atoms with Gasteiger partial charge in [-0.3, -0.25) is 14.5 Å². The van der Waals surface area contributed by atoms with Gasteiger partial charge < -0.3 is 5.32 Å². The third-order valence-corrected chi connectivity index (χ3v) is 2.55. The molecule has 1 amide bonds. The molecule has 0 bridgehead atoms. The number of hydrogen-bond acceptors (Lipinski definition) is 3. The lowest BCUT2D eigenvalue weighted by atomic mass is 10.2. The van der Waals surface area contributed by atoms with Gasteiger partial charge in [0.25, 0.3) is 5.91 Å². The van der Waals surface area contributed by atoms with E-state index in [1.807, 2.05) is 26.1 Å². The summed E-state index contributed by atoms with van der Waals surface area (Å²) < 4.78 is 1.68. The summed E-state index contributed by atoms with van der Waals surface area (Å²) in [5.74, 6) is -0.162. The average molecular weight is 230 g/mol. The smallest absolute Gasteiger partial charge is 0.272 e. The molecule has 0 unspecified atom stereocenters. The van der Waals surface area contributed by atoms with Crippen molar-refractivity contribution in [2.75, 3.05) is 0 Å². The Kier molecular flexibility index (Phi) is 3.18. The number of rotatable bonds is 3. The van der Waals surface area contributed by atoms with E-state index in [0.717, 1.165) is 11.3 Å². The van der Waals surface area contributed by atoms with Gasteiger partial charge in [-0.25, -0.2) is 0 Å². The SMILES string of the molecule is Cc1cc(C(=O)NCc2ccncc2)nn1C. The molecule has 88 valence electrons. The highest BCUT2D eigenvalue weighted by Gasteiger charge is 2.10. The Morgan fingerprint density at radius 3 is 2.71 bits per heavy atom. The normalized spacial score (nSPS) is 10.2. The summed E-state index contributed by atoms with van der Waals surface area (Å²) in [5.41, 5.74) is 2.42. The van der Waals surface area contributed by atoms with E-state index >= 15 is 0 Å². The maximum Gasteiger partial charge on any atom is 0.272 e. The molecule has 1 N–H and O–H groups in total. The van der Waals surface area contributed by atoms with Crippen molar-refractivity contribution in [3.8, 4) is 0 Å². The van der Waals surface area contributed by atoms with E-state index in [2.05, 4.69) is 15.4 Å². The highest BCUT2D eigenvalue weighted by atomic mass is 16.1. The zero-order chi connectivity index (χ0) is 12.3. The fraction of sp³-hybridized carbons (Fsp3) is 0.250. The van der Waals surface area contributed by atoms with E-state index in [1.165, 1.54) is 0 Å². The molecule has 0 saturated carbocycles. The first-order valence-corrected chi connectivity index (χ1v) is 5.34. The second kappa shape index (κ2) is 4.78. The van der Waals surface area contributed by atoms with Crippen LogP contribution in [0.4, 0.5) is 0 Å². The molecule has 0 aliphatic carbocycles. The Balaban J connectivity index is 1.98. The van der Waals surface area contributed by atoms with E-state index < -0.39 is 0 Å². The first-order valence-electron chi connectivity index (χ1n) is 5.34. The molecular weight excluding hydrogens is 216 g/mol. The van der Waals surface area contributed by atoms with Crippen molar-refractivity contribution in [2.24, 2.45) is 7.05 Å². The van der Waals surface area contributed by atoms with Gasteiger partial charge in [-0.2, -0.15) is 5.10 Å². The van der Waals surface area contributed by atoms with Crippen LogP contribution < -0.4 is 5.32 Å². The van der Waals surface area contributed by atoms with E-state index in [4.69, 9.17) is 0 Å². The minimum Gasteiger partial charge on any atom is -0.347 e. The van der Waals surface area contributed by atoms with Crippen LogP contribution in [0, 0.1) is 6.92 Å². The predicted molar refractivity (Wildman–Crippen MR) is 63.4 cm³/mol. The summed E-state index contributed by atoms with van der Waals surface area (Å²) in [6, 6.07) is 5.50. The average Bonchev–Trinajstić information content (AvgIpc) is 2.68. The molecule has 2 aromatic heterocycles. The van der Waals surface area contributed by atoms with Crippen molar-refractivity contribution in [2.45, 2.75) is 13.5 Å². The van der Waals surface area contributed by atoms with Crippen molar-refractivity contribution >= 4 is 5.91 Å². The molecule has 5 nitrogen and oxygen atoms in total. The summed E-state index contributed by atoms with van der Waals surface area (Å²) >= 11 is 0. The Labute approximate surface area is 99.5 Å². The summed E-state index contributed by atoms with van der Waals surface area (Å²) in [7, 11) is 1.81. The standard InChI is InChI=1S/C12H14N4O/c1-9-7-11(15-16(9)2)12(17)14-8-10-3-5-13-6-4-10/h3-7H,8H2,1-2H3,(H,14,17). The number of hydrogen-bond donors (Lipinski definition) is 1. The van der Waals surface area contributed by atoms with Gasteiger partial charge in [0.2, 0.25) is 0 Å². The third kappa shape index (κ3) is 2.69. The Hall–Kier alpha value is -2.17. The number of amides is 1. The van der Waals surface area contributed by atoms with Crippen molar-refractivity contribution in [1.82, 2.24) is 20.1 Å². The number of nitrogens with zero attached hydrogens (tertiary/aromatic N) is 3. The van der Waals surface area contributed by atoms with Crippen molar-refractivity contribution in [3.05, 3.63) is 47.5 Å². The number of pyridine rings is 1. The lowest BCUT2D eigenvalue weighted by Crippen LogP contribution is -2.23. The van der Waals surface area contributed by atoms with Crippen molar-refractivity contribution < 1.29 is 4.79 Å². The topological polar surface area (TPSA) is 59.8 Å². The van der Waals surface area contributed by atoms with Crippen LogP contribution in [0.25, 0.3) is 0 Å². The zero-order valence-corrected chi connectivity index (χ0v) is 9.84. The number of aryl methyl sites for hydroxylation is 2. The Bertz CT molecular complexity index is 499. The third-order valence-electron chi connectivity index (χ3n) is 2.55. The first-order chi connectivity index (χ1) is 8.16. The zero-order valence-electron chi connectivity index (χ0n) is 9.84. The minimum atomic E-state index is -0.162. The molecular formula is C12H14N4O. The molecule has 0 aromatic carbocycles. The van der Waals surface area contributed by atoms with Crippen LogP contribution >= 0.6 is 0 Å². The van der Waals surface area contributed by atoms with E-state index in [0.29, 0.717) is 12.2 Å². The van der Waals surface area contributed by atoms with Gasteiger partial charge in [-0.1, -0.05) is 0 Å². The minimum absolute atomic E-state index is 0.162. The van der Waals surface area contributed by atoms with Gasteiger partial charge in [-0.15, -0.1) is 0 Å². The number of aromatic nitrogens is 3. The quantitative estimate of drug-likeness (QED) is 0.857. The first kappa shape index (κ1) is 11.3. The summed E-state index contributed by atoms with van der Waals surface area (Å²) in [4.78, 5) is 15.7. The highest BCUT2D eigenvalue weighted by Crippen LogP contribution is 2.02. The van der Waals surface area contributed by atoms with Crippen LogP contribution in [0.15, 0.2) is 30.6 Å². The van der Waals surface area contributed by atoms with Crippen LogP contribution in [0.1, 0.15) is 21.7 Å². The molecule has 0 aliphatic heterocycles. The number of nitrogens with one attached hydrogen (secondary N) is 1. The number of carbonyl (C=O) groups is 1. The molecule has 0 aliphatic rings. The van der Waals surface area contributed by atoms with Gasteiger partial charge in [-0.05, 0) is 30.7 Å². The van der Waals surface area contributed by atoms with Gasteiger partial charge in [0.15, 0.2) is 0 Å². The lowest BCUT2D eigenvalue weighted by Gasteiger charge is -2.02. The number of carbonyl (C=O) groups excluding carboxylic acids is 1. The fourth-order valence-corrected chi connectivity index (χ4v) is 1.45. The van der Waals surface area contributed by atoms with Crippen molar-refractivity contribution in [1.29, 1.82) is 0 Å². The second-order valence-electron chi connectivity index (χ2n) is 3.83. The van der Waals surface area contributed by atoms with Crippen LogP contribution in [0.2, 0.25) is 0 Å². The monoisotopic (exact) mass is 230 g/mol. The van der Waals surface area contributed by atoms with Crippen LogP contribution in [-0.2, 0) is 13.6 Å². The fourth-order valence-electron chi connectivity index (χ4n) is 1.45. The predicted octanol–water partition coefficient (Wildman–Crippen LogP) is 1.05. The van der Waals surface area contributed by atoms with Crippen LogP contribution in [0.5, 0.6) is 0 Å². The van der Waals surface area contributed by atoms with E-state index in [1.54, 1.807) is 23.1 Å². The van der Waals surface area contributed by atoms with Gasteiger partial charge in [0.05, 0.1) is 0 Å². The molecule has 5 heteroatoms. The van der Waals surface area contributed by atoms with E-state index in [9.17, 15) is 4.79 Å². The maximum atomic E-state index is 11.8. The van der Waals surface area contributed by atoms with E-state index in [-0.39, 0.29) is 5.91 Å². The molecule has 2 heterocycles. The van der Waals surface area contributed by atoms with Crippen molar-refractivity contribution in [3.63, 3.8) is 0 Å². The van der Waals surface area contributed by atoms with Gasteiger partial charge in [0.1, 0.15) is 5.69 Å². The molecule has 0 saturated heterocycles. The molecule has 2 aromatic rings. The molecule has 0 atom stereocenters. The molecule has 0 fully saturated rings. The summed E-state index contributed by atoms with van der Waals surface area (Å²) in [6.07, 6.45) is 3.40. The molecule has 2 rings (SSSR count). The Morgan fingerprint density at radius 2 is 2.12 bits per heavy atom. The van der Waals surface area contributed by atoms with Crippen LogP contribution in [-0.4, -0.2) is 20.7 Å².